The van der Waals surface area contributed by atoms with Gasteiger partial charge in [0.2, 0.25) is 0 Å². The van der Waals surface area contributed by atoms with Crippen LogP contribution in [0.1, 0.15) is 46.5 Å². The molecule has 9 heteroatoms. The third-order valence-electron chi connectivity index (χ3n) is 10.1. The minimum Gasteiger partial charge on any atom is -0.462 e. The summed E-state index contributed by atoms with van der Waals surface area (Å²) >= 11 is 0. The number of rotatable bonds is 1. The number of epoxide rings is 1. The van der Waals surface area contributed by atoms with E-state index in [1.165, 1.54) is 36.8 Å². The van der Waals surface area contributed by atoms with Gasteiger partial charge < -0.3 is 33.9 Å². The minimum absolute atomic E-state index is 0.0519. The van der Waals surface area contributed by atoms with Crippen LogP contribution >= 0.6 is 0 Å². The Morgan fingerprint density at radius 1 is 1.08 bits per heavy atom. The molecule has 3 saturated heterocycles. The molecule has 0 aromatic heterocycles. The van der Waals surface area contributed by atoms with E-state index in [1.54, 1.807) is 6.08 Å². The van der Waals surface area contributed by atoms with Crippen LogP contribution in [0.4, 0.5) is 0 Å². The maximum Gasteiger partial charge on any atom is 0.331 e. The van der Waals surface area contributed by atoms with Crippen molar-refractivity contribution < 1.29 is 43.5 Å². The number of aliphatic hydroxyl groups is 2. The summed E-state index contributed by atoms with van der Waals surface area (Å²) in [6, 6.07) is 0. The van der Waals surface area contributed by atoms with E-state index in [2.05, 4.69) is 19.9 Å². The molecule has 2 aliphatic carbocycles. The van der Waals surface area contributed by atoms with Gasteiger partial charge in [-0.2, -0.15) is 0 Å². The highest BCUT2D eigenvalue weighted by atomic mass is 16.6. The summed E-state index contributed by atoms with van der Waals surface area (Å²) in [4.78, 5) is 26.2. The lowest BCUT2D eigenvalue weighted by Gasteiger charge is -2.58. The molecule has 4 bridgehead atoms. The van der Waals surface area contributed by atoms with E-state index < -0.39 is 52.3 Å². The molecule has 0 amide bonds. The topological polar surface area (TPSA) is 124 Å². The number of esters is 2. The highest BCUT2D eigenvalue weighted by Crippen LogP contribution is 2.72. The summed E-state index contributed by atoms with van der Waals surface area (Å²) in [7, 11) is 0. The predicted octanol–water partition coefficient (Wildman–Crippen LogP) is 2.07. The summed E-state index contributed by atoms with van der Waals surface area (Å²) < 4.78 is 30.6. The van der Waals surface area contributed by atoms with Gasteiger partial charge in [0, 0.05) is 24.0 Å². The lowest BCUT2D eigenvalue weighted by Crippen LogP contribution is -2.66. The number of carbonyl (C=O) groups excluding carboxylic acids is 2. The second-order valence-electron chi connectivity index (χ2n) is 11.8. The van der Waals surface area contributed by atoms with Gasteiger partial charge in [0.05, 0.1) is 36.9 Å². The fourth-order valence-corrected chi connectivity index (χ4v) is 7.68. The van der Waals surface area contributed by atoms with Crippen LogP contribution in [0.2, 0.25) is 0 Å². The van der Waals surface area contributed by atoms with Crippen LogP contribution in [0.5, 0.6) is 0 Å². The summed E-state index contributed by atoms with van der Waals surface area (Å²) in [5.41, 5.74) is -1.76. The lowest BCUT2D eigenvalue weighted by atomic mass is 9.51. The Morgan fingerprint density at radius 2 is 1.87 bits per heavy atom. The van der Waals surface area contributed by atoms with Crippen LogP contribution in [0.3, 0.4) is 0 Å². The van der Waals surface area contributed by atoms with E-state index in [-0.39, 0.29) is 25.4 Å². The average molecular weight is 529 g/mol. The van der Waals surface area contributed by atoms with Crippen molar-refractivity contribution in [1.29, 1.82) is 0 Å². The van der Waals surface area contributed by atoms with Crippen LogP contribution in [0.25, 0.3) is 0 Å². The summed E-state index contributed by atoms with van der Waals surface area (Å²) in [6.07, 6.45) is 8.21. The SMILES string of the molecule is CC1=CC2OC3CC4OC(=O)/C=C\C=C\C5(C(C)O)OCC/C(=C\C(=O)OCC2(CC1)C4(C)C31CO1)C5O. The van der Waals surface area contributed by atoms with Gasteiger partial charge in [-0.3, -0.25) is 0 Å². The molecular formula is C29H36O9. The molecule has 38 heavy (non-hydrogen) atoms. The normalized spacial score (nSPS) is 50.0. The first kappa shape index (κ1) is 26.0. The van der Waals surface area contributed by atoms with Crippen molar-refractivity contribution in [2.45, 2.75) is 88.2 Å². The van der Waals surface area contributed by atoms with Crippen molar-refractivity contribution in [3.05, 3.63) is 47.6 Å². The third-order valence-corrected chi connectivity index (χ3v) is 10.1. The Bertz CT molecular complexity index is 1150. The molecule has 206 valence electrons. The largest absolute Gasteiger partial charge is 0.462 e. The van der Waals surface area contributed by atoms with Gasteiger partial charge in [-0.25, -0.2) is 9.59 Å². The van der Waals surface area contributed by atoms with Crippen LogP contribution < -0.4 is 0 Å². The Balaban J connectivity index is 1.44. The predicted molar refractivity (Wildman–Crippen MR) is 134 cm³/mol. The first-order chi connectivity index (χ1) is 18.1. The zero-order valence-corrected chi connectivity index (χ0v) is 22.1. The fraction of sp³-hybridized carbons (Fsp3) is 0.655. The fourth-order valence-electron chi connectivity index (χ4n) is 7.68. The number of carbonyl (C=O) groups is 2. The van der Waals surface area contributed by atoms with Gasteiger partial charge in [0.1, 0.15) is 30.0 Å². The Kier molecular flexibility index (Phi) is 6.05. The van der Waals surface area contributed by atoms with E-state index >= 15 is 0 Å². The first-order valence-electron chi connectivity index (χ1n) is 13.5. The van der Waals surface area contributed by atoms with Gasteiger partial charge in [-0.05, 0) is 44.8 Å². The molecular weight excluding hydrogens is 492 g/mol. The van der Waals surface area contributed by atoms with Gasteiger partial charge in [0.15, 0.2) is 0 Å². The molecule has 0 aromatic rings. The number of allylic oxidation sites excluding steroid dienone is 3. The van der Waals surface area contributed by atoms with E-state index in [9.17, 15) is 19.8 Å². The zero-order valence-electron chi connectivity index (χ0n) is 22.1. The first-order valence-corrected chi connectivity index (χ1v) is 13.5. The van der Waals surface area contributed by atoms with Gasteiger partial charge in [0.25, 0.3) is 0 Å². The Morgan fingerprint density at radius 3 is 2.61 bits per heavy atom. The summed E-state index contributed by atoms with van der Waals surface area (Å²) in [5, 5.41) is 21.7. The summed E-state index contributed by atoms with van der Waals surface area (Å²) in [6.45, 7) is 6.43. The molecule has 4 fully saturated rings. The van der Waals surface area contributed by atoms with Crippen molar-refractivity contribution >= 4 is 11.9 Å². The van der Waals surface area contributed by atoms with Gasteiger partial charge >= 0.3 is 11.9 Å². The Hall–Kier alpha value is -2.30. The molecule has 4 aliphatic heterocycles. The third kappa shape index (κ3) is 3.48. The maximum atomic E-state index is 13.2. The lowest BCUT2D eigenvalue weighted by molar-refractivity contribution is -0.232. The van der Waals surface area contributed by atoms with Crippen molar-refractivity contribution in [3.63, 3.8) is 0 Å². The summed E-state index contributed by atoms with van der Waals surface area (Å²) in [5.74, 6) is -1.10. The molecule has 9 atom stereocenters. The van der Waals surface area contributed by atoms with E-state index in [4.69, 9.17) is 23.7 Å². The van der Waals surface area contributed by atoms with Crippen molar-refractivity contribution in [2.75, 3.05) is 19.8 Å². The molecule has 6 aliphatic rings. The van der Waals surface area contributed by atoms with Crippen molar-refractivity contribution in [2.24, 2.45) is 10.8 Å². The van der Waals surface area contributed by atoms with Crippen LogP contribution in [0, 0.1) is 10.8 Å². The van der Waals surface area contributed by atoms with Gasteiger partial charge in [-0.15, -0.1) is 0 Å². The molecule has 4 heterocycles. The van der Waals surface area contributed by atoms with E-state index in [0.29, 0.717) is 31.4 Å². The monoisotopic (exact) mass is 528 g/mol. The smallest absolute Gasteiger partial charge is 0.331 e. The molecule has 9 nitrogen and oxygen atoms in total. The molecule has 1 saturated carbocycles. The second kappa shape index (κ2) is 8.86. The molecule has 0 aromatic carbocycles. The minimum atomic E-state index is -1.47. The highest BCUT2D eigenvalue weighted by Gasteiger charge is 2.83. The number of cyclic esters (lactones) is 1. The van der Waals surface area contributed by atoms with Crippen LogP contribution in [0.15, 0.2) is 47.6 Å². The zero-order chi connectivity index (χ0) is 26.9. The molecule has 6 rings (SSSR count). The van der Waals surface area contributed by atoms with Crippen molar-refractivity contribution in [3.8, 4) is 0 Å². The number of hydrogen-bond donors (Lipinski definition) is 2. The molecule has 2 spiro atoms. The average Bonchev–Trinajstić information content (AvgIpc) is 3.65. The number of ether oxygens (including phenoxy) is 5. The molecule has 9 unspecified atom stereocenters. The van der Waals surface area contributed by atoms with E-state index in [1.807, 2.05) is 0 Å². The maximum absolute atomic E-state index is 13.2. The second-order valence-corrected chi connectivity index (χ2v) is 11.8. The highest BCUT2D eigenvalue weighted by molar-refractivity contribution is 5.83. The number of aliphatic hydroxyl groups excluding tert-OH is 2. The standard InChI is InChI=1S/C29H36O9/c1-17-7-10-27-15-34-24(32)13-19-8-11-35-28(18(2)30,25(19)33)9-5-4-6-23(31)38-20-14-22(37-21(27)12-17)29(16-36-29)26(20,27)3/h4-6,9,12-13,18,20-22,25,30,33H,7-8,10-11,14-16H2,1-3H3/b6-4-,9-5+,19-13+. The van der Waals surface area contributed by atoms with E-state index in [0.717, 1.165) is 6.42 Å². The van der Waals surface area contributed by atoms with Crippen molar-refractivity contribution in [1.82, 2.24) is 0 Å². The number of fused-ring (bicyclic) bond motifs is 2. The molecule has 2 N–H and O–H groups in total. The van der Waals surface area contributed by atoms with Crippen LogP contribution in [-0.4, -0.2) is 83.7 Å². The quantitative estimate of drug-likeness (QED) is 0.299. The molecule has 0 radical (unpaired) electrons. The van der Waals surface area contributed by atoms with Gasteiger partial charge in [-0.1, -0.05) is 30.7 Å². The number of hydrogen-bond acceptors (Lipinski definition) is 9. The van der Waals surface area contributed by atoms with Crippen LogP contribution in [-0.2, 0) is 33.3 Å². The Labute approximate surface area is 222 Å².